The smallest absolute Gasteiger partial charge is 0.408 e. The fraction of sp³-hybridized carbons (Fsp3) is 0.483. The summed E-state index contributed by atoms with van der Waals surface area (Å²) in [6, 6.07) is 16.3. The van der Waals surface area contributed by atoms with Crippen LogP contribution in [0, 0.1) is 0 Å². The molecule has 200 valence electrons. The van der Waals surface area contributed by atoms with Gasteiger partial charge < -0.3 is 25.4 Å². The topological polar surface area (TPSA) is 111 Å². The van der Waals surface area contributed by atoms with Crippen molar-refractivity contribution in [2.24, 2.45) is 5.73 Å². The molecular formula is C29H39N3O5. The Hall–Kier alpha value is -3.39. The van der Waals surface area contributed by atoms with E-state index in [4.69, 9.17) is 15.2 Å². The van der Waals surface area contributed by atoms with Gasteiger partial charge in [-0.05, 0) is 76.1 Å². The fourth-order valence-corrected chi connectivity index (χ4v) is 4.51. The molecule has 2 amide bonds. The highest BCUT2D eigenvalue weighted by Crippen LogP contribution is 2.26. The molecular weight excluding hydrogens is 470 g/mol. The minimum atomic E-state index is -0.846. The number of carbonyl (C=O) groups is 3. The summed E-state index contributed by atoms with van der Waals surface area (Å²) in [5.74, 6) is -0.804. The van der Waals surface area contributed by atoms with Crippen LogP contribution in [-0.2, 0) is 38.5 Å². The number of ether oxygens (including phenoxy) is 2. The molecule has 0 spiro atoms. The van der Waals surface area contributed by atoms with Crippen molar-refractivity contribution in [2.75, 3.05) is 13.1 Å². The molecule has 0 heterocycles. The van der Waals surface area contributed by atoms with Crippen molar-refractivity contribution in [3.63, 3.8) is 0 Å². The van der Waals surface area contributed by atoms with Gasteiger partial charge >= 0.3 is 12.1 Å². The summed E-state index contributed by atoms with van der Waals surface area (Å²) in [5, 5.41) is 2.75. The zero-order valence-electron chi connectivity index (χ0n) is 22.1. The molecule has 3 N–H and O–H groups in total. The third-order valence-corrected chi connectivity index (χ3v) is 6.22. The van der Waals surface area contributed by atoms with E-state index in [1.165, 1.54) is 0 Å². The number of nitrogens with one attached hydrogen (secondary N) is 1. The average Bonchev–Trinajstić information content (AvgIpc) is 3.29. The monoisotopic (exact) mass is 509 g/mol. The number of unbranched alkanes of at least 4 members (excludes halogenated alkanes) is 1. The Labute approximate surface area is 219 Å². The summed E-state index contributed by atoms with van der Waals surface area (Å²) in [7, 11) is 0. The third-order valence-electron chi connectivity index (χ3n) is 6.22. The Morgan fingerprint density at radius 3 is 2.22 bits per heavy atom. The second-order valence-electron chi connectivity index (χ2n) is 10.4. The number of hydrogen-bond acceptors (Lipinski definition) is 6. The molecule has 0 aromatic heterocycles. The van der Waals surface area contributed by atoms with Gasteiger partial charge in [0, 0.05) is 6.04 Å². The minimum Gasteiger partial charge on any atom is -0.459 e. The van der Waals surface area contributed by atoms with Crippen molar-refractivity contribution in [3.05, 3.63) is 71.3 Å². The summed E-state index contributed by atoms with van der Waals surface area (Å²) in [6.45, 7) is 5.77. The van der Waals surface area contributed by atoms with Gasteiger partial charge in [-0.25, -0.2) is 4.79 Å². The third kappa shape index (κ3) is 8.89. The molecule has 37 heavy (non-hydrogen) atoms. The van der Waals surface area contributed by atoms with Crippen molar-refractivity contribution in [1.82, 2.24) is 10.2 Å². The van der Waals surface area contributed by atoms with E-state index in [0.717, 1.165) is 16.7 Å². The number of rotatable bonds is 11. The lowest BCUT2D eigenvalue weighted by molar-refractivity contribution is -0.160. The molecule has 0 aliphatic heterocycles. The molecule has 1 atom stereocenters. The molecule has 0 fully saturated rings. The number of nitrogens with zero attached hydrogens (tertiary/aromatic N) is 1. The van der Waals surface area contributed by atoms with Gasteiger partial charge in [0.1, 0.15) is 24.8 Å². The first kappa shape index (κ1) is 28.2. The van der Waals surface area contributed by atoms with Crippen LogP contribution in [0.2, 0.25) is 0 Å². The zero-order chi connectivity index (χ0) is 26.8. The quantitative estimate of drug-likeness (QED) is 0.353. The maximum absolute atomic E-state index is 13.9. The molecule has 1 aliphatic carbocycles. The van der Waals surface area contributed by atoms with E-state index in [-0.39, 0.29) is 25.1 Å². The SMILES string of the molecule is CC(C)(C)OC(=O)CN(C(=O)[C@H](CCCCN)NC(=O)OCc1ccccc1)C1Cc2ccccc2C1. The van der Waals surface area contributed by atoms with Gasteiger partial charge in [-0.15, -0.1) is 0 Å². The lowest BCUT2D eigenvalue weighted by atomic mass is 10.1. The first-order chi connectivity index (χ1) is 17.7. The molecule has 3 rings (SSSR count). The predicted octanol–water partition coefficient (Wildman–Crippen LogP) is 3.75. The Morgan fingerprint density at radius 2 is 1.62 bits per heavy atom. The van der Waals surface area contributed by atoms with Gasteiger partial charge in [-0.3, -0.25) is 9.59 Å². The van der Waals surface area contributed by atoms with Crippen LogP contribution in [0.15, 0.2) is 54.6 Å². The Kier molecular flexibility index (Phi) is 10.1. The van der Waals surface area contributed by atoms with Crippen molar-refractivity contribution in [1.29, 1.82) is 0 Å². The summed E-state index contributed by atoms with van der Waals surface area (Å²) in [4.78, 5) is 41.0. The summed E-state index contributed by atoms with van der Waals surface area (Å²) < 4.78 is 10.9. The molecule has 2 aromatic rings. The number of hydrogen-bond donors (Lipinski definition) is 2. The highest BCUT2D eigenvalue weighted by molar-refractivity contribution is 5.89. The summed E-state index contributed by atoms with van der Waals surface area (Å²) in [6.07, 6.45) is 2.35. The number of fused-ring (bicyclic) bond motifs is 1. The molecule has 8 heteroatoms. The Morgan fingerprint density at radius 1 is 1.00 bits per heavy atom. The van der Waals surface area contributed by atoms with Crippen LogP contribution >= 0.6 is 0 Å². The second kappa shape index (κ2) is 13.2. The van der Waals surface area contributed by atoms with E-state index in [1.54, 1.807) is 25.7 Å². The van der Waals surface area contributed by atoms with E-state index in [0.29, 0.717) is 38.6 Å². The molecule has 0 unspecified atom stereocenters. The normalized spacial score (nSPS) is 13.9. The molecule has 1 aliphatic rings. The van der Waals surface area contributed by atoms with Gasteiger partial charge in [0.15, 0.2) is 0 Å². The van der Waals surface area contributed by atoms with Crippen LogP contribution < -0.4 is 11.1 Å². The maximum atomic E-state index is 13.9. The molecule has 0 saturated carbocycles. The van der Waals surface area contributed by atoms with E-state index >= 15 is 0 Å². The number of esters is 1. The summed E-state index contributed by atoms with van der Waals surface area (Å²) >= 11 is 0. The van der Waals surface area contributed by atoms with Gasteiger partial charge in [0.2, 0.25) is 5.91 Å². The van der Waals surface area contributed by atoms with Crippen LogP contribution in [0.5, 0.6) is 0 Å². The molecule has 8 nitrogen and oxygen atoms in total. The van der Waals surface area contributed by atoms with Gasteiger partial charge in [0.25, 0.3) is 0 Å². The molecule has 2 aromatic carbocycles. The number of benzene rings is 2. The van der Waals surface area contributed by atoms with Crippen molar-refractivity contribution >= 4 is 18.0 Å². The van der Waals surface area contributed by atoms with Gasteiger partial charge in [-0.2, -0.15) is 0 Å². The number of alkyl carbamates (subject to hydrolysis) is 1. The van der Waals surface area contributed by atoms with Crippen LogP contribution in [0.25, 0.3) is 0 Å². The molecule has 0 saturated heterocycles. The van der Waals surface area contributed by atoms with Crippen LogP contribution in [0.3, 0.4) is 0 Å². The van der Waals surface area contributed by atoms with Crippen LogP contribution in [-0.4, -0.2) is 53.6 Å². The highest BCUT2D eigenvalue weighted by Gasteiger charge is 2.36. The standard InChI is InChI=1S/C29H39N3O5/c1-29(2,3)37-26(33)19-32(24-17-22-13-7-8-14-23(22)18-24)27(34)25(15-9-10-16-30)31-28(35)36-20-21-11-5-4-6-12-21/h4-8,11-14,24-25H,9-10,15-20,30H2,1-3H3,(H,31,35)/t25-/m0/s1. The van der Waals surface area contributed by atoms with Gasteiger partial charge in [-0.1, -0.05) is 54.6 Å². The van der Waals surface area contributed by atoms with Crippen LogP contribution in [0.1, 0.15) is 56.7 Å². The van der Waals surface area contributed by atoms with E-state index in [2.05, 4.69) is 5.32 Å². The number of nitrogens with two attached hydrogens (primary N) is 1. The van der Waals surface area contributed by atoms with Crippen molar-refractivity contribution in [3.8, 4) is 0 Å². The van der Waals surface area contributed by atoms with Crippen molar-refractivity contribution < 1.29 is 23.9 Å². The van der Waals surface area contributed by atoms with Crippen molar-refractivity contribution in [2.45, 2.75) is 77.2 Å². The number of amides is 2. The number of carbonyl (C=O) groups excluding carboxylic acids is 3. The highest BCUT2D eigenvalue weighted by atomic mass is 16.6. The second-order valence-corrected chi connectivity index (χ2v) is 10.4. The predicted molar refractivity (Wildman–Crippen MR) is 142 cm³/mol. The first-order valence-corrected chi connectivity index (χ1v) is 12.9. The largest absolute Gasteiger partial charge is 0.459 e. The summed E-state index contributed by atoms with van der Waals surface area (Å²) in [5.41, 5.74) is 8.15. The lowest BCUT2D eigenvalue weighted by Crippen LogP contribution is -2.54. The van der Waals surface area contributed by atoms with E-state index < -0.39 is 23.7 Å². The zero-order valence-corrected chi connectivity index (χ0v) is 22.1. The maximum Gasteiger partial charge on any atom is 0.408 e. The lowest BCUT2D eigenvalue weighted by Gasteiger charge is -2.33. The van der Waals surface area contributed by atoms with E-state index in [9.17, 15) is 14.4 Å². The van der Waals surface area contributed by atoms with Crippen LogP contribution in [0.4, 0.5) is 4.79 Å². The van der Waals surface area contributed by atoms with Gasteiger partial charge in [0.05, 0.1) is 0 Å². The molecule has 0 radical (unpaired) electrons. The average molecular weight is 510 g/mol. The van der Waals surface area contributed by atoms with E-state index in [1.807, 2.05) is 54.6 Å². The molecule has 0 bridgehead atoms. The first-order valence-electron chi connectivity index (χ1n) is 12.9. The fourth-order valence-electron chi connectivity index (χ4n) is 4.51. The Balaban J connectivity index is 1.76. The Bertz CT molecular complexity index is 1030. The minimum absolute atomic E-state index is 0.0932.